The van der Waals surface area contributed by atoms with Crippen molar-refractivity contribution in [1.29, 1.82) is 0 Å². The zero-order valence-corrected chi connectivity index (χ0v) is 19.0. The lowest BCUT2D eigenvalue weighted by Gasteiger charge is -2.16. The van der Waals surface area contributed by atoms with Crippen LogP contribution in [0, 0.1) is 20.8 Å². The smallest absolute Gasteiger partial charge is 0.263 e. The Kier molecular flexibility index (Phi) is 4.99. The van der Waals surface area contributed by atoms with Gasteiger partial charge in [0.25, 0.3) is 5.91 Å². The second kappa shape index (κ2) is 7.85. The first-order valence-electron chi connectivity index (χ1n) is 10.6. The minimum absolute atomic E-state index is 0.0128. The predicted octanol–water partition coefficient (Wildman–Crippen LogP) is 7.27. The molecule has 1 aliphatic rings. The molecule has 0 aliphatic carbocycles. The van der Waals surface area contributed by atoms with Gasteiger partial charge in [-0.3, -0.25) is 9.69 Å². The molecule has 2 heterocycles. The predicted molar refractivity (Wildman–Crippen MR) is 133 cm³/mol. The van der Waals surface area contributed by atoms with Crippen LogP contribution in [0.15, 0.2) is 78.9 Å². The molecule has 0 saturated heterocycles. The number of hydrogen-bond donors (Lipinski definition) is 0. The highest BCUT2D eigenvalue weighted by molar-refractivity contribution is 6.38. The average Bonchev–Trinajstić information content (AvgIpc) is 3.24. The molecular formula is C28H23ClN2O. The van der Waals surface area contributed by atoms with Gasteiger partial charge < -0.3 is 4.57 Å². The maximum absolute atomic E-state index is 13.6. The molecule has 5 rings (SSSR count). The van der Waals surface area contributed by atoms with E-state index in [1.165, 1.54) is 0 Å². The largest absolute Gasteiger partial charge is 0.318 e. The number of para-hydroxylation sites is 2. The standard InChI is InChI=1S/C28H23ClN2O/c1-18-16-21(20(3)30(18)26-15-9-13-25(29)19(26)2)17-24-23-12-7-8-14-27(23)31(28(24)32)22-10-5-4-6-11-22/h4-17H,1-3H3/b24-17+. The van der Waals surface area contributed by atoms with Crippen LogP contribution < -0.4 is 4.90 Å². The fourth-order valence-corrected chi connectivity index (χ4v) is 4.68. The number of aryl methyl sites for hydroxylation is 1. The van der Waals surface area contributed by atoms with Gasteiger partial charge in [-0.1, -0.05) is 54.1 Å². The summed E-state index contributed by atoms with van der Waals surface area (Å²) in [5.41, 5.74) is 8.71. The van der Waals surface area contributed by atoms with Crippen LogP contribution in [0.1, 0.15) is 28.1 Å². The molecule has 0 N–H and O–H groups in total. The first-order chi connectivity index (χ1) is 15.5. The quantitative estimate of drug-likeness (QED) is 0.308. The van der Waals surface area contributed by atoms with Gasteiger partial charge in [-0.2, -0.15) is 0 Å². The molecule has 0 unspecified atom stereocenters. The molecule has 0 saturated carbocycles. The number of hydrogen-bond acceptors (Lipinski definition) is 1. The maximum atomic E-state index is 13.6. The van der Waals surface area contributed by atoms with Crippen molar-refractivity contribution in [2.45, 2.75) is 20.8 Å². The zero-order valence-electron chi connectivity index (χ0n) is 18.3. The Morgan fingerprint density at radius 1 is 0.812 bits per heavy atom. The fourth-order valence-electron chi connectivity index (χ4n) is 4.51. The second-order valence-electron chi connectivity index (χ2n) is 8.10. The summed E-state index contributed by atoms with van der Waals surface area (Å²) in [4.78, 5) is 15.4. The minimum atomic E-state index is -0.0128. The van der Waals surface area contributed by atoms with Crippen molar-refractivity contribution in [2.75, 3.05) is 4.90 Å². The Balaban J connectivity index is 1.65. The van der Waals surface area contributed by atoms with Gasteiger partial charge in [0.15, 0.2) is 0 Å². The number of halogens is 1. The Morgan fingerprint density at radius 2 is 1.50 bits per heavy atom. The number of anilines is 2. The van der Waals surface area contributed by atoms with Crippen molar-refractivity contribution in [3.05, 3.63) is 112 Å². The van der Waals surface area contributed by atoms with Crippen LogP contribution in [0.4, 0.5) is 11.4 Å². The van der Waals surface area contributed by atoms with Crippen LogP contribution in [-0.4, -0.2) is 10.5 Å². The van der Waals surface area contributed by atoms with E-state index in [9.17, 15) is 4.79 Å². The minimum Gasteiger partial charge on any atom is -0.318 e. The second-order valence-corrected chi connectivity index (χ2v) is 8.50. The summed E-state index contributed by atoms with van der Waals surface area (Å²) in [5, 5.41) is 0.744. The summed E-state index contributed by atoms with van der Waals surface area (Å²) in [5.74, 6) is -0.0128. The van der Waals surface area contributed by atoms with Gasteiger partial charge in [-0.05, 0) is 74.4 Å². The average molecular weight is 439 g/mol. The van der Waals surface area contributed by atoms with E-state index >= 15 is 0 Å². The molecule has 1 aliphatic heterocycles. The molecule has 4 heteroatoms. The number of carbonyl (C=O) groups excluding carboxylic acids is 1. The third-order valence-electron chi connectivity index (χ3n) is 6.13. The summed E-state index contributed by atoms with van der Waals surface area (Å²) in [6.07, 6.45) is 2.02. The summed E-state index contributed by atoms with van der Waals surface area (Å²) >= 11 is 6.39. The van der Waals surface area contributed by atoms with E-state index in [4.69, 9.17) is 11.6 Å². The van der Waals surface area contributed by atoms with Gasteiger partial charge in [0.1, 0.15) is 0 Å². The molecule has 0 radical (unpaired) electrons. The monoisotopic (exact) mass is 438 g/mol. The molecule has 1 amide bonds. The molecule has 0 atom stereocenters. The maximum Gasteiger partial charge on any atom is 0.263 e. The van der Waals surface area contributed by atoms with Crippen molar-refractivity contribution in [1.82, 2.24) is 4.57 Å². The van der Waals surface area contributed by atoms with E-state index in [1.807, 2.05) is 79.7 Å². The first-order valence-corrected chi connectivity index (χ1v) is 11.0. The van der Waals surface area contributed by atoms with E-state index in [1.54, 1.807) is 4.90 Å². The van der Waals surface area contributed by atoms with Crippen LogP contribution in [0.2, 0.25) is 5.02 Å². The molecule has 0 bridgehead atoms. The molecule has 1 aromatic heterocycles. The Morgan fingerprint density at radius 3 is 2.28 bits per heavy atom. The molecule has 4 aromatic rings. The van der Waals surface area contributed by atoms with Gasteiger partial charge >= 0.3 is 0 Å². The lowest BCUT2D eigenvalue weighted by Crippen LogP contribution is -2.20. The lowest BCUT2D eigenvalue weighted by atomic mass is 10.0. The number of rotatable bonds is 3. The molecule has 3 aromatic carbocycles. The van der Waals surface area contributed by atoms with Gasteiger partial charge in [-0.25, -0.2) is 0 Å². The Labute approximate surface area is 193 Å². The SMILES string of the molecule is Cc1c(Cl)cccc1-n1c(C)cc(/C=C2/C(=O)N(c3ccccc3)c3ccccc32)c1C. The number of amides is 1. The highest BCUT2D eigenvalue weighted by atomic mass is 35.5. The van der Waals surface area contributed by atoms with Crippen molar-refractivity contribution >= 4 is 40.5 Å². The fraction of sp³-hybridized carbons (Fsp3) is 0.107. The molecule has 3 nitrogen and oxygen atoms in total. The molecule has 0 fully saturated rings. The molecule has 32 heavy (non-hydrogen) atoms. The normalized spacial score (nSPS) is 14.3. The third-order valence-corrected chi connectivity index (χ3v) is 6.54. The van der Waals surface area contributed by atoms with Crippen LogP contribution in [0.3, 0.4) is 0 Å². The molecular weight excluding hydrogens is 416 g/mol. The van der Waals surface area contributed by atoms with Gasteiger partial charge in [0.2, 0.25) is 0 Å². The van der Waals surface area contributed by atoms with E-state index in [0.29, 0.717) is 5.57 Å². The van der Waals surface area contributed by atoms with Crippen LogP contribution in [-0.2, 0) is 4.79 Å². The number of fused-ring (bicyclic) bond motifs is 1. The summed E-state index contributed by atoms with van der Waals surface area (Å²) < 4.78 is 2.20. The van der Waals surface area contributed by atoms with Crippen molar-refractivity contribution in [2.24, 2.45) is 0 Å². The van der Waals surface area contributed by atoms with Gasteiger partial charge in [0, 0.05) is 33.3 Å². The molecule has 0 spiro atoms. The molecule has 158 valence electrons. The number of nitrogens with zero attached hydrogens (tertiary/aromatic N) is 2. The summed E-state index contributed by atoms with van der Waals surface area (Å²) in [6.45, 7) is 6.19. The first kappa shape index (κ1) is 20.3. The summed E-state index contributed by atoms with van der Waals surface area (Å²) in [6, 6.07) is 25.8. The van der Waals surface area contributed by atoms with Crippen molar-refractivity contribution in [3.8, 4) is 5.69 Å². The van der Waals surface area contributed by atoms with Crippen molar-refractivity contribution < 1.29 is 4.79 Å². The van der Waals surface area contributed by atoms with Crippen LogP contribution in [0.5, 0.6) is 0 Å². The topological polar surface area (TPSA) is 25.2 Å². The van der Waals surface area contributed by atoms with Crippen LogP contribution in [0.25, 0.3) is 17.3 Å². The van der Waals surface area contributed by atoms with E-state index in [2.05, 4.69) is 30.5 Å². The number of benzene rings is 3. The Hall–Kier alpha value is -3.56. The van der Waals surface area contributed by atoms with Gasteiger partial charge in [-0.15, -0.1) is 0 Å². The highest BCUT2D eigenvalue weighted by Gasteiger charge is 2.33. The van der Waals surface area contributed by atoms with Gasteiger partial charge in [0.05, 0.1) is 11.3 Å². The van der Waals surface area contributed by atoms with E-state index in [-0.39, 0.29) is 5.91 Å². The highest BCUT2D eigenvalue weighted by Crippen LogP contribution is 2.42. The van der Waals surface area contributed by atoms with Crippen LogP contribution >= 0.6 is 11.6 Å². The van der Waals surface area contributed by atoms with E-state index in [0.717, 1.165) is 50.2 Å². The third kappa shape index (κ3) is 3.17. The summed E-state index contributed by atoms with van der Waals surface area (Å²) in [7, 11) is 0. The number of carbonyl (C=O) groups is 1. The number of aromatic nitrogens is 1. The lowest BCUT2D eigenvalue weighted by molar-refractivity contribution is -0.112. The zero-order chi connectivity index (χ0) is 22.4. The van der Waals surface area contributed by atoms with E-state index < -0.39 is 0 Å². The van der Waals surface area contributed by atoms with Crippen molar-refractivity contribution in [3.63, 3.8) is 0 Å². The Bertz CT molecular complexity index is 1380.